The van der Waals surface area contributed by atoms with Crippen molar-refractivity contribution in [3.8, 4) is 11.5 Å². The van der Waals surface area contributed by atoms with Crippen molar-refractivity contribution in [1.29, 1.82) is 0 Å². The second-order valence-electron chi connectivity index (χ2n) is 8.25. The fraction of sp³-hybridized carbons (Fsp3) is 0.409. The highest BCUT2D eigenvalue weighted by atomic mass is 19.1. The van der Waals surface area contributed by atoms with Gasteiger partial charge >= 0.3 is 0 Å². The molecule has 0 saturated carbocycles. The van der Waals surface area contributed by atoms with Gasteiger partial charge in [0.05, 0.1) is 11.8 Å². The lowest BCUT2D eigenvalue weighted by Gasteiger charge is -2.29. The minimum Gasteiger partial charge on any atom is -0.508 e. The summed E-state index contributed by atoms with van der Waals surface area (Å²) in [5, 5.41) is 26.6. The van der Waals surface area contributed by atoms with Crippen LogP contribution in [0.5, 0.6) is 11.5 Å². The molecule has 0 aliphatic carbocycles. The van der Waals surface area contributed by atoms with Crippen LogP contribution in [0.15, 0.2) is 24.3 Å². The first-order chi connectivity index (χ1) is 13.6. The van der Waals surface area contributed by atoms with Gasteiger partial charge in [-0.3, -0.25) is 4.79 Å². The molecule has 0 fully saturated rings. The Bertz CT molecular complexity index is 920. The topological polar surface area (TPSA) is 90.8 Å². The van der Waals surface area contributed by atoms with Gasteiger partial charge < -0.3 is 25.6 Å². The number of amides is 1. The summed E-state index contributed by atoms with van der Waals surface area (Å²) >= 11 is 0. The Hall–Kier alpha value is -2.64. The third-order valence-corrected chi connectivity index (χ3v) is 5.00. The highest BCUT2D eigenvalue weighted by molar-refractivity contribution is 5.96. The number of carbonyl (C=O) groups excluding carboxylic acids is 1. The van der Waals surface area contributed by atoms with Crippen molar-refractivity contribution < 1.29 is 24.1 Å². The summed E-state index contributed by atoms with van der Waals surface area (Å²) in [6.45, 7) is 7.57. The molecule has 1 aliphatic rings. The molecule has 1 heterocycles. The Morgan fingerprint density at radius 1 is 1.24 bits per heavy atom. The Morgan fingerprint density at radius 2 is 1.90 bits per heavy atom. The molecule has 4 N–H and O–H groups in total. The number of hydrogen-bond acceptors (Lipinski definition) is 5. The summed E-state index contributed by atoms with van der Waals surface area (Å²) in [6.07, 6.45) is -0.311. The highest BCUT2D eigenvalue weighted by Gasteiger charge is 2.26. The average molecular weight is 402 g/mol. The van der Waals surface area contributed by atoms with Crippen LogP contribution in [-0.2, 0) is 11.2 Å². The van der Waals surface area contributed by atoms with Gasteiger partial charge in [0.1, 0.15) is 17.3 Å². The normalized spacial score (nSPS) is 14.8. The van der Waals surface area contributed by atoms with E-state index in [0.717, 1.165) is 5.56 Å². The maximum Gasteiger partial charge on any atom is 0.262 e. The number of β-amino-alcohol motifs (C(OH)–C–C–N with tert-alkyl or cyclic N) is 1. The lowest BCUT2D eigenvalue weighted by molar-refractivity contribution is -0.118. The van der Waals surface area contributed by atoms with Crippen molar-refractivity contribution in [2.75, 3.05) is 18.5 Å². The molecular weight excluding hydrogens is 375 g/mol. The molecule has 7 heteroatoms. The molecule has 0 aromatic heterocycles. The van der Waals surface area contributed by atoms with E-state index in [9.17, 15) is 19.4 Å². The number of anilines is 1. The van der Waals surface area contributed by atoms with E-state index >= 15 is 0 Å². The van der Waals surface area contributed by atoms with Gasteiger partial charge in [-0.25, -0.2) is 4.39 Å². The van der Waals surface area contributed by atoms with E-state index in [-0.39, 0.29) is 36.2 Å². The first-order valence-corrected chi connectivity index (χ1v) is 9.54. The number of halogens is 1. The van der Waals surface area contributed by atoms with E-state index in [2.05, 4.69) is 10.6 Å². The lowest BCUT2D eigenvalue weighted by atomic mass is 9.92. The predicted octanol–water partition coefficient (Wildman–Crippen LogP) is 3.12. The van der Waals surface area contributed by atoms with E-state index in [1.54, 1.807) is 13.8 Å². The molecule has 3 rings (SSSR count). The van der Waals surface area contributed by atoms with Gasteiger partial charge in [-0.1, -0.05) is 12.1 Å². The van der Waals surface area contributed by atoms with Gasteiger partial charge in [-0.15, -0.1) is 0 Å². The Kier molecular flexibility index (Phi) is 5.82. The second-order valence-corrected chi connectivity index (χ2v) is 8.25. The zero-order valence-electron chi connectivity index (χ0n) is 17.1. The number of hydrogen-bond donors (Lipinski definition) is 4. The molecule has 2 aromatic rings. The minimum atomic E-state index is -0.957. The fourth-order valence-corrected chi connectivity index (χ4v) is 3.65. The summed E-state index contributed by atoms with van der Waals surface area (Å²) in [5.74, 6) is -0.206. The number of aromatic hydroxyl groups is 1. The van der Waals surface area contributed by atoms with Crippen LogP contribution in [0.4, 0.5) is 10.1 Å². The van der Waals surface area contributed by atoms with Gasteiger partial charge in [0.2, 0.25) is 0 Å². The van der Waals surface area contributed by atoms with E-state index in [1.165, 1.54) is 12.1 Å². The van der Waals surface area contributed by atoms with E-state index < -0.39 is 6.10 Å². The number of aryl methyl sites for hydroxylation is 2. The molecule has 156 valence electrons. The number of carbonyl (C=O) groups is 1. The van der Waals surface area contributed by atoms with Gasteiger partial charge in [-0.2, -0.15) is 0 Å². The Morgan fingerprint density at radius 3 is 2.55 bits per heavy atom. The Balaban J connectivity index is 1.72. The van der Waals surface area contributed by atoms with Crippen LogP contribution < -0.4 is 15.4 Å². The molecule has 0 saturated heterocycles. The lowest BCUT2D eigenvalue weighted by Crippen LogP contribution is -2.43. The maximum atomic E-state index is 13.9. The smallest absolute Gasteiger partial charge is 0.262 e. The predicted molar refractivity (Wildman–Crippen MR) is 109 cm³/mol. The number of benzene rings is 2. The molecule has 0 unspecified atom stereocenters. The number of aliphatic hydroxyl groups is 1. The minimum absolute atomic E-state index is 0.0693. The number of fused-ring (bicyclic) bond motifs is 1. The number of nitrogens with one attached hydrogen (secondary N) is 2. The van der Waals surface area contributed by atoms with E-state index in [0.29, 0.717) is 34.5 Å². The first kappa shape index (κ1) is 21.1. The van der Waals surface area contributed by atoms with Crippen LogP contribution >= 0.6 is 0 Å². The molecule has 1 atom stereocenters. The number of rotatable bonds is 6. The number of phenolic OH excluding ortho intramolecular Hbond substituents is 1. The van der Waals surface area contributed by atoms with Crippen molar-refractivity contribution in [3.63, 3.8) is 0 Å². The molecule has 0 bridgehead atoms. The van der Waals surface area contributed by atoms with E-state index in [4.69, 9.17) is 4.74 Å². The summed E-state index contributed by atoms with van der Waals surface area (Å²) < 4.78 is 19.3. The van der Waals surface area contributed by atoms with Crippen LogP contribution in [0.25, 0.3) is 0 Å². The zero-order chi connectivity index (χ0) is 21.3. The first-order valence-electron chi connectivity index (χ1n) is 9.54. The SMILES string of the molecule is Cc1cc(CC(C)(C)NC[C@H](O)c2cc(O)cc3c2OCC(=O)N3)cc(C)c1F. The maximum absolute atomic E-state index is 13.9. The fourth-order valence-electron chi connectivity index (χ4n) is 3.65. The number of ether oxygens (including phenoxy) is 1. The van der Waals surface area contributed by atoms with Crippen molar-refractivity contribution >= 4 is 11.6 Å². The molecule has 1 amide bonds. The molecule has 0 radical (unpaired) electrons. The molecule has 2 aromatic carbocycles. The molecular formula is C22H27FN2O4. The van der Waals surface area contributed by atoms with Crippen LogP contribution in [0.1, 0.15) is 42.2 Å². The highest BCUT2D eigenvalue weighted by Crippen LogP contribution is 2.38. The van der Waals surface area contributed by atoms with Gasteiger partial charge in [0, 0.05) is 23.7 Å². The van der Waals surface area contributed by atoms with Crippen LogP contribution in [0.3, 0.4) is 0 Å². The van der Waals surface area contributed by atoms with Gasteiger partial charge in [0.25, 0.3) is 5.91 Å². The number of phenols is 1. The standard InChI is InChI=1S/C22H27FN2O4/c1-12-5-14(6-13(2)20(12)23)9-22(3,4)24-10-18(27)16-7-15(26)8-17-21(16)29-11-19(28)25-17/h5-8,18,24,26-27H,9-11H2,1-4H3,(H,25,28)/t18-/m0/s1. The molecule has 29 heavy (non-hydrogen) atoms. The van der Waals surface area contributed by atoms with Crippen molar-refractivity contribution in [2.24, 2.45) is 0 Å². The summed E-state index contributed by atoms with van der Waals surface area (Å²) in [4.78, 5) is 11.5. The molecule has 0 spiro atoms. The van der Waals surface area contributed by atoms with Crippen molar-refractivity contribution in [1.82, 2.24) is 5.32 Å². The monoisotopic (exact) mass is 402 g/mol. The second kappa shape index (κ2) is 8.00. The summed E-state index contributed by atoms with van der Waals surface area (Å²) in [7, 11) is 0. The average Bonchev–Trinajstić information content (AvgIpc) is 2.62. The van der Waals surface area contributed by atoms with Gasteiger partial charge in [-0.05, 0) is 56.9 Å². The van der Waals surface area contributed by atoms with Gasteiger partial charge in [0.15, 0.2) is 6.61 Å². The largest absolute Gasteiger partial charge is 0.508 e. The summed E-state index contributed by atoms with van der Waals surface area (Å²) in [5.41, 5.74) is 2.60. The summed E-state index contributed by atoms with van der Waals surface area (Å²) in [6, 6.07) is 6.50. The molecule has 6 nitrogen and oxygen atoms in total. The third kappa shape index (κ3) is 4.86. The number of aliphatic hydroxyl groups excluding tert-OH is 1. The Labute approximate surface area is 169 Å². The quantitative estimate of drug-likeness (QED) is 0.596. The van der Waals surface area contributed by atoms with Crippen LogP contribution in [-0.4, -0.2) is 34.8 Å². The van der Waals surface area contributed by atoms with Crippen LogP contribution in [0.2, 0.25) is 0 Å². The third-order valence-electron chi connectivity index (χ3n) is 5.00. The van der Waals surface area contributed by atoms with E-state index in [1.807, 2.05) is 26.0 Å². The van der Waals surface area contributed by atoms with Crippen LogP contribution in [0, 0.1) is 19.7 Å². The van der Waals surface area contributed by atoms with Crippen molar-refractivity contribution in [2.45, 2.75) is 45.8 Å². The zero-order valence-corrected chi connectivity index (χ0v) is 17.1. The molecule has 1 aliphatic heterocycles. The van der Waals surface area contributed by atoms with Crippen molar-refractivity contribution in [3.05, 3.63) is 52.3 Å².